The molecule has 0 saturated carbocycles. The average molecular weight is 278 g/mol. The van der Waals surface area contributed by atoms with Gasteiger partial charge in [0.15, 0.2) is 0 Å². The van der Waals surface area contributed by atoms with Gasteiger partial charge in [-0.15, -0.1) is 0 Å². The van der Waals surface area contributed by atoms with Gasteiger partial charge in [-0.2, -0.15) is 0 Å². The van der Waals surface area contributed by atoms with Crippen molar-refractivity contribution >= 4 is 5.69 Å². The number of benzene rings is 1. The van der Waals surface area contributed by atoms with Crippen LogP contribution in [0.5, 0.6) is 0 Å². The Hall–Kier alpha value is -1.84. The summed E-state index contributed by atoms with van der Waals surface area (Å²) in [6.07, 6.45) is 8.01. The standard InChI is InChI=1S/C16H20F2N2/c1-12(2)20(11-14-6-4-3-5-9-19-14)16-10-13(17)7-8-15(16)18/h5-10,12,19H,3-4,11H2,1-2H3. The molecule has 20 heavy (non-hydrogen) atoms. The summed E-state index contributed by atoms with van der Waals surface area (Å²) in [7, 11) is 0. The molecule has 108 valence electrons. The minimum atomic E-state index is -0.422. The van der Waals surface area contributed by atoms with Gasteiger partial charge >= 0.3 is 0 Å². The van der Waals surface area contributed by atoms with E-state index in [1.165, 1.54) is 12.1 Å². The van der Waals surface area contributed by atoms with Crippen LogP contribution in [0.25, 0.3) is 0 Å². The molecule has 0 saturated heterocycles. The normalized spacial score (nSPS) is 14.8. The molecule has 1 aromatic rings. The van der Waals surface area contributed by atoms with E-state index in [0.717, 1.165) is 24.6 Å². The lowest BCUT2D eigenvalue weighted by Crippen LogP contribution is -2.35. The molecule has 1 heterocycles. The lowest BCUT2D eigenvalue weighted by Gasteiger charge is -2.30. The van der Waals surface area contributed by atoms with Gasteiger partial charge in [-0.1, -0.05) is 12.2 Å². The Kier molecular flexibility index (Phi) is 4.77. The van der Waals surface area contributed by atoms with E-state index in [4.69, 9.17) is 0 Å². The summed E-state index contributed by atoms with van der Waals surface area (Å²) in [5, 5.41) is 3.19. The Bertz CT molecular complexity index is 521. The van der Waals surface area contributed by atoms with Crippen molar-refractivity contribution in [3.05, 3.63) is 53.9 Å². The van der Waals surface area contributed by atoms with Crippen LogP contribution in [0, 0.1) is 11.6 Å². The van der Waals surface area contributed by atoms with Gasteiger partial charge in [-0.25, -0.2) is 8.78 Å². The second-order valence-electron chi connectivity index (χ2n) is 5.17. The van der Waals surface area contributed by atoms with Crippen molar-refractivity contribution < 1.29 is 8.78 Å². The summed E-state index contributed by atoms with van der Waals surface area (Å²) in [5.41, 5.74) is 1.31. The van der Waals surface area contributed by atoms with Crippen LogP contribution in [0.1, 0.15) is 26.7 Å². The van der Waals surface area contributed by atoms with Crippen LogP contribution in [0.3, 0.4) is 0 Å². The molecular weight excluding hydrogens is 258 g/mol. The SMILES string of the molecule is CC(C)N(CC1=CCCC=CN1)c1cc(F)ccc1F. The fraction of sp³-hybridized carbons (Fsp3) is 0.375. The molecule has 1 aliphatic heterocycles. The molecule has 0 bridgehead atoms. The van der Waals surface area contributed by atoms with E-state index in [-0.39, 0.29) is 6.04 Å². The molecule has 4 heteroatoms. The Morgan fingerprint density at radius 1 is 1.25 bits per heavy atom. The maximum atomic E-state index is 14.0. The van der Waals surface area contributed by atoms with E-state index in [1.807, 2.05) is 24.9 Å². The molecule has 0 atom stereocenters. The molecule has 0 radical (unpaired) electrons. The lowest BCUT2D eigenvalue weighted by molar-refractivity contribution is 0.584. The summed E-state index contributed by atoms with van der Waals surface area (Å²) in [4.78, 5) is 1.86. The lowest BCUT2D eigenvalue weighted by atomic mass is 10.2. The Balaban J connectivity index is 2.25. The van der Waals surface area contributed by atoms with Crippen LogP contribution < -0.4 is 10.2 Å². The van der Waals surface area contributed by atoms with Crippen molar-refractivity contribution in [3.63, 3.8) is 0 Å². The molecule has 1 aromatic carbocycles. The van der Waals surface area contributed by atoms with Gasteiger partial charge in [-0.05, 0) is 45.0 Å². The van der Waals surface area contributed by atoms with Crippen molar-refractivity contribution in [1.29, 1.82) is 0 Å². The number of nitrogens with zero attached hydrogens (tertiary/aromatic N) is 1. The smallest absolute Gasteiger partial charge is 0.146 e. The van der Waals surface area contributed by atoms with Gasteiger partial charge < -0.3 is 10.2 Å². The van der Waals surface area contributed by atoms with E-state index in [0.29, 0.717) is 12.2 Å². The highest BCUT2D eigenvalue weighted by molar-refractivity contribution is 5.50. The van der Waals surface area contributed by atoms with Gasteiger partial charge in [0, 0.05) is 17.8 Å². The summed E-state index contributed by atoms with van der Waals surface area (Å²) < 4.78 is 27.3. The first-order chi connectivity index (χ1) is 9.58. The van der Waals surface area contributed by atoms with Crippen LogP contribution in [0.15, 0.2) is 42.2 Å². The van der Waals surface area contributed by atoms with Crippen molar-refractivity contribution in [3.8, 4) is 0 Å². The summed E-state index contributed by atoms with van der Waals surface area (Å²) in [5.74, 6) is -0.820. The molecule has 1 N–H and O–H groups in total. The molecule has 2 nitrogen and oxygen atoms in total. The van der Waals surface area contributed by atoms with Crippen LogP contribution in [-0.4, -0.2) is 12.6 Å². The van der Waals surface area contributed by atoms with Gasteiger partial charge in [0.1, 0.15) is 11.6 Å². The first kappa shape index (κ1) is 14.6. The van der Waals surface area contributed by atoms with Crippen molar-refractivity contribution in [2.45, 2.75) is 32.7 Å². The van der Waals surface area contributed by atoms with E-state index >= 15 is 0 Å². The zero-order valence-electron chi connectivity index (χ0n) is 11.9. The summed E-state index contributed by atoms with van der Waals surface area (Å²) in [6.45, 7) is 4.47. The third kappa shape index (κ3) is 3.59. The molecule has 0 unspecified atom stereocenters. The topological polar surface area (TPSA) is 15.3 Å². The summed E-state index contributed by atoms with van der Waals surface area (Å²) in [6, 6.07) is 3.64. The highest BCUT2D eigenvalue weighted by Gasteiger charge is 2.17. The second-order valence-corrected chi connectivity index (χ2v) is 5.17. The highest BCUT2D eigenvalue weighted by Crippen LogP contribution is 2.23. The number of halogens is 2. The fourth-order valence-corrected chi connectivity index (χ4v) is 2.21. The Labute approximate surface area is 118 Å². The average Bonchev–Trinajstić information content (AvgIpc) is 2.67. The Morgan fingerprint density at radius 2 is 2.05 bits per heavy atom. The molecule has 0 fully saturated rings. The number of anilines is 1. The van der Waals surface area contributed by atoms with Crippen molar-refractivity contribution in [2.24, 2.45) is 0 Å². The molecule has 0 aliphatic carbocycles. The second kappa shape index (κ2) is 6.55. The number of hydrogen-bond acceptors (Lipinski definition) is 2. The van der Waals surface area contributed by atoms with Gasteiger partial charge in [0.2, 0.25) is 0 Å². The van der Waals surface area contributed by atoms with Gasteiger partial charge in [0.05, 0.1) is 12.2 Å². The quantitative estimate of drug-likeness (QED) is 0.896. The minimum absolute atomic E-state index is 0.0706. The third-order valence-corrected chi connectivity index (χ3v) is 3.29. The largest absolute Gasteiger partial charge is 0.364 e. The van der Waals surface area contributed by atoms with Crippen molar-refractivity contribution in [2.75, 3.05) is 11.4 Å². The number of nitrogens with one attached hydrogen (secondary N) is 1. The van der Waals surface area contributed by atoms with E-state index in [9.17, 15) is 8.78 Å². The monoisotopic (exact) mass is 278 g/mol. The number of rotatable bonds is 4. The van der Waals surface area contributed by atoms with Crippen molar-refractivity contribution in [1.82, 2.24) is 5.32 Å². The predicted octanol–water partition coefficient (Wildman–Crippen LogP) is 3.96. The zero-order valence-corrected chi connectivity index (χ0v) is 11.9. The Morgan fingerprint density at radius 3 is 2.80 bits per heavy atom. The summed E-state index contributed by atoms with van der Waals surface area (Å²) >= 11 is 0. The molecule has 0 amide bonds. The van der Waals surface area contributed by atoms with Gasteiger partial charge in [0.25, 0.3) is 0 Å². The molecule has 0 spiro atoms. The van der Waals surface area contributed by atoms with E-state index in [2.05, 4.69) is 17.5 Å². The third-order valence-electron chi connectivity index (χ3n) is 3.29. The molecule has 2 rings (SSSR count). The first-order valence-corrected chi connectivity index (χ1v) is 6.90. The maximum absolute atomic E-state index is 14.0. The molecule has 0 aromatic heterocycles. The predicted molar refractivity (Wildman–Crippen MR) is 78.4 cm³/mol. The molecular formula is C16H20F2N2. The van der Waals surface area contributed by atoms with E-state index < -0.39 is 11.6 Å². The molecule has 1 aliphatic rings. The first-order valence-electron chi connectivity index (χ1n) is 6.90. The van der Waals surface area contributed by atoms with Crippen LogP contribution >= 0.6 is 0 Å². The number of hydrogen-bond donors (Lipinski definition) is 1. The number of allylic oxidation sites excluding steroid dienone is 2. The van der Waals surface area contributed by atoms with Crippen LogP contribution in [-0.2, 0) is 0 Å². The highest BCUT2D eigenvalue weighted by atomic mass is 19.1. The van der Waals surface area contributed by atoms with Crippen LogP contribution in [0.4, 0.5) is 14.5 Å². The van der Waals surface area contributed by atoms with E-state index in [1.54, 1.807) is 0 Å². The van der Waals surface area contributed by atoms with Crippen LogP contribution in [0.2, 0.25) is 0 Å². The zero-order chi connectivity index (χ0) is 14.5. The van der Waals surface area contributed by atoms with Gasteiger partial charge in [-0.3, -0.25) is 0 Å². The maximum Gasteiger partial charge on any atom is 0.146 e. The fourth-order valence-electron chi connectivity index (χ4n) is 2.21. The minimum Gasteiger partial charge on any atom is -0.364 e.